The Morgan fingerprint density at radius 1 is 1.19 bits per heavy atom. The second kappa shape index (κ2) is 8.70. The molecule has 0 amide bonds. The van der Waals surface area contributed by atoms with Crippen molar-refractivity contribution in [1.29, 1.82) is 0 Å². The zero-order valence-electron chi connectivity index (χ0n) is 16.8. The lowest BCUT2D eigenvalue weighted by Gasteiger charge is -2.51. The van der Waals surface area contributed by atoms with Crippen LogP contribution in [0.25, 0.3) is 0 Å². The molecule has 8 heteroatoms. The number of ether oxygens (including phenoxy) is 3. The van der Waals surface area contributed by atoms with Gasteiger partial charge < -0.3 is 19.4 Å². The monoisotopic (exact) mass is 485 g/mol. The lowest BCUT2D eigenvalue weighted by atomic mass is 9.80. The molecule has 1 rings (SSSR count). The van der Waals surface area contributed by atoms with Gasteiger partial charge in [0.25, 0.3) is 0 Å². The summed E-state index contributed by atoms with van der Waals surface area (Å²) >= 11 is 2.00. The second-order valence-electron chi connectivity index (χ2n) is 8.60. The number of nitrogens with zero attached hydrogens (tertiary/aromatic N) is 1. The average molecular weight is 485 g/mol. The van der Waals surface area contributed by atoms with E-state index in [-0.39, 0.29) is 25.3 Å². The molecule has 1 saturated heterocycles. The van der Waals surface area contributed by atoms with Crippen molar-refractivity contribution < 1.29 is 29.0 Å². The van der Waals surface area contributed by atoms with Crippen molar-refractivity contribution in [3.8, 4) is 0 Å². The maximum atomic E-state index is 11.9. The molecule has 1 atom stereocenters. The highest BCUT2D eigenvalue weighted by atomic mass is 127. The van der Waals surface area contributed by atoms with Gasteiger partial charge in [0.15, 0.2) is 6.10 Å². The Balaban J connectivity index is 2.66. The van der Waals surface area contributed by atoms with Crippen LogP contribution in [0.4, 0.5) is 0 Å². The average Bonchev–Trinajstić information content (AvgIpc) is 2.45. The summed E-state index contributed by atoms with van der Waals surface area (Å²) in [5, 5.41) is 11.7. The molecular weight excluding hydrogens is 453 g/mol. The van der Waals surface area contributed by atoms with Crippen molar-refractivity contribution in [1.82, 2.24) is 5.06 Å². The lowest BCUT2D eigenvalue weighted by molar-refractivity contribution is -0.262. The molecule has 1 heterocycles. The summed E-state index contributed by atoms with van der Waals surface area (Å²) < 4.78 is 15.8. The standard InChI is InChI=1S/C18H32INO6/c1-12(21)26-14(11-25-15(22)18(6,7)19)10-24-13-8-16(2,3)20(23)17(4,5)9-13/h13-14,23H,8-11H2,1-7H3. The van der Waals surface area contributed by atoms with Gasteiger partial charge >= 0.3 is 11.9 Å². The van der Waals surface area contributed by atoms with Crippen LogP contribution in [0.2, 0.25) is 0 Å². The molecule has 0 radical (unpaired) electrons. The molecule has 1 unspecified atom stereocenters. The van der Waals surface area contributed by atoms with Crippen LogP contribution in [0.5, 0.6) is 0 Å². The summed E-state index contributed by atoms with van der Waals surface area (Å²) in [6.45, 7) is 12.7. The highest BCUT2D eigenvalue weighted by Gasteiger charge is 2.45. The molecule has 0 aliphatic carbocycles. The van der Waals surface area contributed by atoms with Crippen LogP contribution in [-0.4, -0.2) is 62.1 Å². The second-order valence-corrected chi connectivity index (χ2v) is 11.3. The van der Waals surface area contributed by atoms with E-state index < -0.39 is 26.6 Å². The van der Waals surface area contributed by atoms with Gasteiger partial charge in [0.2, 0.25) is 0 Å². The summed E-state index contributed by atoms with van der Waals surface area (Å²) in [5.74, 6) is -0.819. The molecule has 26 heavy (non-hydrogen) atoms. The van der Waals surface area contributed by atoms with E-state index in [0.29, 0.717) is 12.8 Å². The fourth-order valence-electron chi connectivity index (χ4n) is 3.23. The highest BCUT2D eigenvalue weighted by Crippen LogP contribution is 2.37. The quantitative estimate of drug-likeness (QED) is 0.337. The number of piperidine rings is 1. The number of hydrogen-bond donors (Lipinski definition) is 1. The van der Waals surface area contributed by atoms with Crippen LogP contribution in [0.1, 0.15) is 61.3 Å². The maximum absolute atomic E-state index is 11.9. The fraction of sp³-hybridized carbons (Fsp3) is 0.889. The van der Waals surface area contributed by atoms with Gasteiger partial charge in [-0.15, -0.1) is 0 Å². The Kier molecular flexibility index (Phi) is 7.90. The number of hydrogen-bond acceptors (Lipinski definition) is 7. The first kappa shape index (κ1) is 23.6. The number of carbonyl (C=O) groups excluding carboxylic acids is 2. The summed E-state index contributed by atoms with van der Waals surface area (Å²) in [6.07, 6.45) is 0.521. The summed E-state index contributed by atoms with van der Waals surface area (Å²) in [6, 6.07) is 0. The van der Waals surface area contributed by atoms with E-state index in [2.05, 4.69) is 0 Å². The van der Waals surface area contributed by atoms with E-state index in [0.717, 1.165) is 0 Å². The number of carbonyl (C=O) groups is 2. The van der Waals surface area contributed by atoms with E-state index in [9.17, 15) is 14.8 Å². The molecule has 0 aromatic carbocycles. The maximum Gasteiger partial charge on any atom is 0.321 e. The van der Waals surface area contributed by atoms with Crippen LogP contribution in [0.15, 0.2) is 0 Å². The number of hydroxylamine groups is 2. The Hall–Kier alpha value is -0.450. The predicted molar refractivity (Wildman–Crippen MR) is 105 cm³/mol. The first-order valence-electron chi connectivity index (χ1n) is 8.79. The largest absolute Gasteiger partial charge is 0.461 e. The van der Waals surface area contributed by atoms with Crippen molar-refractivity contribution in [2.45, 2.75) is 88.0 Å². The summed E-state index contributed by atoms with van der Waals surface area (Å²) in [4.78, 5) is 23.3. The van der Waals surface area contributed by atoms with Crippen molar-refractivity contribution in [2.75, 3.05) is 13.2 Å². The minimum absolute atomic E-state index is 0.0452. The van der Waals surface area contributed by atoms with Gasteiger partial charge in [-0.2, -0.15) is 5.06 Å². The van der Waals surface area contributed by atoms with Crippen molar-refractivity contribution in [3.05, 3.63) is 0 Å². The van der Waals surface area contributed by atoms with Crippen molar-refractivity contribution in [2.24, 2.45) is 0 Å². The summed E-state index contributed by atoms with van der Waals surface area (Å²) in [7, 11) is 0. The van der Waals surface area contributed by atoms with Gasteiger partial charge in [-0.05, 0) is 54.4 Å². The Bertz CT molecular complexity index is 496. The Labute approximate surface area is 169 Å². The smallest absolute Gasteiger partial charge is 0.321 e. The van der Waals surface area contributed by atoms with Gasteiger partial charge in [-0.1, -0.05) is 22.6 Å². The minimum Gasteiger partial charge on any atom is -0.461 e. The van der Waals surface area contributed by atoms with E-state index in [1.54, 1.807) is 13.8 Å². The molecule has 0 bridgehead atoms. The lowest BCUT2D eigenvalue weighted by Crippen LogP contribution is -2.60. The molecule has 152 valence electrons. The highest BCUT2D eigenvalue weighted by molar-refractivity contribution is 14.1. The third-order valence-electron chi connectivity index (χ3n) is 4.34. The number of alkyl halides is 1. The summed E-state index contributed by atoms with van der Waals surface area (Å²) in [5.41, 5.74) is -0.859. The Morgan fingerprint density at radius 3 is 2.12 bits per heavy atom. The fourth-order valence-corrected chi connectivity index (χ4v) is 3.39. The molecule has 0 saturated carbocycles. The predicted octanol–water partition coefficient (Wildman–Crippen LogP) is 3.10. The third-order valence-corrected chi connectivity index (χ3v) is 4.78. The molecule has 1 aliphatic heterocycles. The normalized spacial score (nSPS) is 21.9. The van der Waals surface area contributed by atoms with Gasteiger partial charge in [0.05, 0.1) is 12.7 Å². The third kappa shape index (κ3) is 6.94. The number of esters is 2. The zero-order chi connectivity index (χ0) is 20.3. The molecule has 0 aromatic rings. The van der Waals surface area contributed by atoms with Crippen LogP contribution in [0, 0.1) is 0 Å². The SMILES string of the molecule is CC(=O)OC(COC(=O)C(C)(C)I)COC1CC(C)(C)N(O)C(C)(C)C1. The van der Waals surface area contributed by atoms with Crippen molar-refractivity contribution >= 4 is 34.5 Å². The Morgan fingerprint density at radius 2 is 1.69 bits per heavy atom. The van der Waals surface area contributed by atoms with Gasteiger partial charge in [-0.25, -0.2) is 0 Å². The molecule has 1 aliphatic rings. The van der Waals surface area contributed by atoms with E-state index in [4.69, 9.17) is 14.2 Å². The topological polar surface area (TPSA) is 85.3 Å². The van der Waals surface area contributed by atoms with Crippen LogP contribution >= 0.6 is 22.6 Å². The van der Waals surface area contributed by atoms with Gasteiger partial charge in [0.1, 0.15) is 10.0 Å². The van der Waals surface area contributed by atoms with Gasteiger partial charge in [-0.3, -0.25) is 9.59 Å². The van der Waals surface area contributed by atoms with Gasteiger partial charge in [0, 0.05) is 18.0 Å². The number of rotatable bonds is 7. The zero-order valence-corrected chi connectivity index (χ0v) is 19.0. The van der Waals surface area contributed by atoms with Crippen LogP contribution < -0.4 is 0 Å². The first-order valence-corrected chi connectivity index (χ1v) is 9.87. The number of halogens is 1. The van der Waals surface area contributed by atoms with E-state index in [1.807, 2.05) is 50.3 Å². The minimum atomic E-state index is -0.659. The molecule has 7 nitrogen and oxygen atoms in total. The van der Waals surface area contributed by atoms with E-state index >= 15 is 0 Å². The van der Waals surface area contributed by atoms with Crippen molar-refractivity contribution in [3.63, 3.8) is 0 Å². The van der Waals surface area contributed by atoms with Crippen LogP contribution in [-0.2, 0) is 23.8 Å². The molecular formula is C18H32INO6. The van der Waals surface area contributed by atoms with Crippen LogP contribution in [0.3, 0.4) is 0 Å². The molecule has 1 N–H and O–H groups in total. The van der Waals surface area contributed by atoms with E-state index in [1.165, 1.54) is 12.0 Å². The molecule has 0 aromatic heterocycles. The molecule has 1 fully saturated rings. The molecule has 0 spiro atoms. The first-order chi connectivity index (χ1) is 11.6.